The van der Waals surface area contributed by atoms with Crippen molar-refractivity contribution in [2.75, 3.05) is 0 Å². The minimum Gasteiger partial charge on any atom is -0.326 e. The molecule has 0 radical (unpaired) electrons. The van der Waals surface area contributed by atoms with Gasteiger partial charge in [-0.2, -0.15) is 5.10 Å². The van der Waals surface area contributed by atoms with E-state index in [0.717, 1.165) is 11.3 Å². The van der Waals surface area contributed by atoms with Crippen LogP contribution in [0.4, 0.5) is 0 Å². The molecule has 5 heteroatoms. The predicted molar refractivity (Wildman–Crippen MR) is 54.3 cm³/mol. The van der Waals surface area contributed by atoms with Gasteiger partial charge in [-0.05, 0) is 11.6 Å². The molecule has 0 aliphatic heterocycles. The van der Waals surface area contributed by atoms with Crippen molar-refractivity contribution in [1.29, 1.82) is 0 Å². The van der Waals surface area contributed by atoms with Gasteiger partial charge in [0.25, 0.3) is 0 Å². The second-order valence-electron chi connectivity index (χ2n) is 2.81. The molecule has 0 saturated carbocycles. The zero-order valence-electron chi connectivity index (χ0n) is 7.39. The third-order valence-electron chi connectivity index (χ3n) is 1.91. The van der Waals surface area contributed by atoms with Crippen molar-refractivity contribution in [3.8, 4) is 5.69 Å². The summed E-state index contributed by atoms with van der Waals surface area (Å²) in [6.45, 7) is 0.454. The highest BCUT2D eigenvalue weighted by molar-refractivity contribution is 6.30. The maximum absolute atomic E-state index is 5.77. The number of nitrogens with zero attached hydrogens (tertiary/aromatic N) is 3. The third kappa shape index (κ3) is 1.62. The van der Waals surface area contributed by atoms with Gasteiger partial charge in [0.05, 0.1) is 23.1 Å². The Kier molecular flexibility index (Phi) is 2.47. The van der Waals surface area contributed by atoms with Gasteiger partial charge in [-0.3, -0.25) is 4.98 Å². The molecule has 2 aromatic rings. The number of halogens is 1. The average Bonchev–Trinajstić information content (AvgIpc) is 2.65. The lowest BCUT2D eigenvalue weighted by molar-refractivity contribution is 0.851. The molecule has 0 aliphatic rings. The third-order valence-corrected chi connectivity index (χ3v) is 2.10. The van der Waals surface area contributed by atoms with Crippen LogP contribution in [-0.2, 0) is 6.54 Å². The molecule has 0 bridgehead atoms. The summed E-state index contributed by atoms with van der Waals surface area (Å²) >= 11 is 5.77. The highest BCUT2D eigenvalue weighted by Crippen LogP contribution is 2.14. The first-order chi connectivity index (χ1) is 6.81. The van der Waals surface area contributed by atoms with Gasteiger partial charge in [0, 0.05) is 18.9 Å². The molecule has 2 rings (SSSR count). The molecule has 2 heterocycles. The Morgan fingerprint density at radius 3 is 2.93 bits per heavy atom. The van der Waals surface area contributed by atoms with Crippen molar-refractivity contribution in [2.45, 2.75) is 6.54 Å². The van der Waals surface area contributed by atoms with Crippen LogP contribution in [0.2, 0.25) is 5.02 Å². The molecule has 14 heavy (non-hydrogen) atoms. The molecule has 2 aromatic heterocycles. The molecule has 0 amide bonds. The van der Waals surface area contributed by atoms with Gasteiger partial charge < -0.3 is 5.73 Å². The molecular formula is C9H9ClN4. The van der Waals surface area contributed by atoms with E-state index >= 15 is 0 Å². The second kappa shape index (κ2) is 3.77. The van der Waals surface area contributed by atoms with E-state index in [0.29, 0.717) is 11.6 Å². The lowest BCUT2D eigenvalue weighted by Crippen LogP contribution is -2.05. The summed E-state index contributed by atoms with van der Waals surface area (Å²) < 4.78 is 1.66. The molecule has 2 N–H and O–H groups in total. The molecule has 72 valence electrons. The molecule has 4 nitrogen and oxygen atoms in total. The van der Waals surface area contributed by atoms with E-state index in [9.17, 15) is 0 Å². The van der Waals surface area contributed by atoms with Crippen LogP contribution in [0.25, 0.3) is 5.69 Å². The highest BCUT2D eigenvalue weighted by Gasteiger charge is 2.03. The number of nitrogens with two attached hydrogens (primary N) is 1. The van der Waals surface area contributed by atoms with Crippen molar-refractivity contribution in [3.63, 3.8) is 0 Å². The fraction of sp³-hybridized carbons (Fsp3) is 0.111. The summed E-state index contributed by atoms with van der Waals surface area (Å²) in [6, 6.07) is 1.87. The first-order valence-corrected chi connectivity index (χ1v) is 4.52. The number of pyridine rings is 1. The zero-order chi connectivity index (χ0) is 9.97. The predicted octanol–water partition coefficient (Wildman–Crippen LogP) is 1.38. The fourth-order valence-corrected chi connectivity index (χ4v) is 1.36. The summed E-state index contributed by atoms with van der Waals surface area (Å²) in [7, 11) is 0. The summed E-state index contributed by atoms with van der Waals surface area (Å²) in [5.74, 6) is 0. The number of aromatic nitrogens is 3. The Morgan fingerprint density at radius 2 is 2.29 bits per heavy atom. The van der Waals surface area contributed by atoms with E-state index in [2.05, 4.69) is 10.1 Å². The number of hydrogen-bond donors (Lipinski definition) is 1. The smallest absolute Gasteiger partial charge is 0.0874 e. The first-order valence-electron chi connectivity index (χ1n) is 4.15. The van der Waals surface area contributed by atoms with Crippen molar-refractivity contribution in [2.24, 2.45) is 5.73 Å². The molecule has 0 spiro atoms. The van der Waals surface area contributed by atoms with Gasteiger partial charge in [-0.1, -0.05) is 11.6 Å². The average molecular weight is 209 g/mol. The minimum atomic E-state index is 0.454. The summed E-state index contributed by atoms with van der Waals surface area (Å²) in [6.07, 6.45) is 6.72. The number of hydrogen-bond acceptors (Lipinski definition) is 3. The van der Waals surface area contributed by atoms with Crippen molar-refractivity contribution >= 4 is 11.6 Å². The van der Waals surface area contributed by atoms with Crippen LogP contribution < -0.4 is 5.73 Å². The molecule has 0 aromatic carbocycles. The fourth-order valence-electron chi connectivity index (χ4n) is 1.23. The van der Waals surface area contributed by atoms with Crippen molar-refractivity contribution < 1.29 is 0 Å². The quantitative estimate of drug-likeness (QED) is 0.811. The Hall–Kier alpha value is -1.39. The lowest BCUT2D eigenvalue weighted by atomic mass is 10.2. The van der Waals surface area contributed by atoms with Crippen LogP contribution in [0.3, 0.4) is 0 Å². The largest absolute Gasteiger partial charge is 0.326 e. The maximum atomic E-state index is 5.77. The van der Waals surface area contributed by atoms with Crippen molar-refractivity contribution in [1.82, 2.24) is 14.8 Å². The standard InChI is InChI=1S/C9H9ClN4/c10-8-4-13-14(6-8)9-5-12-2-1-7(9)3-11/h1-2,4-6H,3,11H2. The number of rotatable bonds is 2. The lowest BCUT2D eigenvalue weighted by Gasteiger charge is -2.05. The molecule has 0 fully saturated rings. The minimum absolute atomic E-state index is 0.454. The van der Waals surface area contributed by atoms with Gasteiger partial charge in [0.15, 0.2) is 0 Å². The van der Waals surface area contributed by atoms with Gasteiger partial charge in [-0.25, -0.2) is 4.68 Å². The van der Waals surface area contributed by atoms with Gasteiger partial charge in [0.1, 0.15) is 0 Å². The Labute approximate surface area is 86.3 Å². The molecular weight excluding hydrogens is 200 g/mol. The van der Waals surface area contributed by atoms with Crippen LogP contribution >= 0.6 is 11.6 Å². The normalized spacial score (nSPS) is 10.4. The van der Waals surface area contributed by atoms with Gasteiger partial charge >= 0.3 is 0 Å². The zero-order valence-corrected chi connectivity index (χ0v) is 8.15. The molecule has 0 saturated heterocycles. The van der Waals surface area contributed by atoms with Crippen LogP contribution in [0, 0.1) is 0 Å². The first kappa shape index (κ1) is 9.18. The topological polar surface area (TPSA) is 56.7 Å². The highest BCUT2D eigenvalue weighted by atomic mass is 35.5. The maximum Gasteiger partial charge on any atom is 0.0874 e. The summed E-state index contributed by atoms with van der Waals surface area (Å²) in [4.78, 5) is 4.02. The van der Waals surface area contributed by atoms with E-state index in [4.69, 9.17) is 17.3 Å². The van der Waals surface area contributed by atoms with Gasteiger partial charge in [-0.15, -0.1) is 0 Å². The van der Waals surface area contributed by atoms with Crippen LogP contribution in [0.1, 0.15) is 5.56 Å². The molecule has 0 atom stereocenters. The van der Waals surface area contributed by atoms with E-state index < -0.39 is 0 Å². The van der Waals surface area contributed by atoms with E-state index in [1.54, 1.807) is 29.5 Å². The van der Waals surface area contributed by atoms with Crippen LogP contribution in [0.15, 0.2) is 30.9 Å². The van der Waals surface area contributed by atoms with Crippen LogP contribution in [0.5, 0.6) is 0 Å². The SMILES string of the molecule is NCc1ccncc1-n1cc(Cl)cn1. The molecule has 0 unspecified atom stereocenters. The van der Waals surface area contributed by atoms with E-state index in [-0.39, 0.29) is 0 Å². The second-order valence-corrected chi connectivity index (χ2v) is 3.25. The van der Waals surface area contributed by atoms with E-state index in [1.165, 1.54) is 0 Å². The summed E-state index contributed by atoms with van der Waals surface area (Å²) in [5.41, 5.74) is 7.44. The Bertz CT molecular complexity index is 438. The molecule has 0 aliphatic carbocycles. The van der Waals surface area contributed by atoms with E-state index in [1.807, 2.05) is 6.07 Å². The van der Waals surface area contributed by atoms with Crippen LogP contribution in [-0.4, -0.2) is 14.8 Å². The van der Waals surface area contributed by atoms with Gasteiger partial charge in [0.2, 0.25) is 0 Å². The Morgan fingerprint density at radius 1 is 1.43 bits per heavy atom. The summed E-state index contributed by atoms with van der Waals surface area (Å²) in [5, 5.41) is 4.68. The van der Waals surface area contributed by atoms with Crippen molar-refractivity contribution in [3.05, 3.63) is 41.4 Å². The monoisotopic (exact) mass is 208 g/mol. The Balaban J connectivity index is 2.50.